The van der Waals surface area contributed by atoms with Crippen LogP contribution in [0.3, 0.4) is 0 Å². The summed E-state index contributed by atoms with van der Waals surface area (Å²) in [6.45, 7) is 1.29. The molecule has 0 aliphatic rings. The number of anilines is 1. The Morgan fingerprint density at radius 2 is 2.20 bits per heavy atom. The molecule has 1 aromatic carbocycles. The number of hydrogen-bond donors (Lipinski definition) is 2. The Bertz CT molecular complexity index is 225. The van der Waals surface area contributed by atoms with Crippen molar-refractivity contribution in [1.82, 2.24) is 0 Å². The van der Waals surface area contributed by atoms with Gasteiger partial charge in [0.1, 0.15) is 0 Å². The van der Waals surface area contributed by atoms with Gasteiger partial charge in [0.2, 0.25) is 0 Å². The van der Waals surface area contributed by atoms with Gasteiger partial charge in [-0.2, -0.15) is 0 Å². The molecule has 3 heteroatoms. The monoisotopic (exact) mass is 135 g/mol. The molecule has 52 valence electrons. The maximum absolute atomic E-state index is 9.09. The van der Waals surface area contributed by atoms with Crippen molar-refractivity contribution < 1.29 is 5.02 Å². The van der Waals surface area contributed by atoms with Crippen LogP contribution in [0.2, 0.25) is 6.82 Å². The molecule has 0 bridgehead atoms. The van der Waals surface area contributed by atoms with E-state index < -0.39 is 6.92 Å². The van der Waals surface area contributed by atoms with Gasteiger partial charge in [-0.05, 0) is 17.6 Å². The van der Waals surface area contributed by atoms with Crippen LogP contribution in [0.15, 0.2) is 24.3 Å². The first-order valence-corrected chi connectivity index (χ1v) is 3.23. The Hall–Kier alpha value is -0.955. The van der Waals surface area contributed by atoms with Crippen molar-refractivity contribution >= 4 is 18.1 Å². The van der Waals surface area contributed by atoms with E-state index in [0.717, 1.165) is 5.46 Å². The van der Waals surface area contributed by atoms with E-state index in [1.165, 1.54) is 0 Å². The largest absolute Gasteiger partial charge is 0.446 e. The van der Waals surface area contributed by atoms with Crippen molar-refractivity contribution in [1.29, 1.82) is 0 Å². The normalized spacial score (nSPS) is 9.40. The molecule has 0 atom stereocenters. The topological polar surface area (TPSA) is 46.2 Å². The van der Waals surface area contributed by atoms with Gasteiger partial charge in [0, 0.05) is 5.69 Å². The summed E-state index contributed by atoms with van der Waals surface area (Å²) in [5, 5.41) is 9.09. The highest BCUT2D eigenvalue weighted by Gasteiger charge is 2.04. The quantitative estimate of drug-likeness (QED) is 0.423. The van der Waals surface area contributed by atoms with E-state index in [1.54, 1.807) is 19.0 Å². The highest BCUT2D eigenvalue weighted by Crippen LogP contribution is 1.96. The number of nitrogens with two attached hydrogens (primary N) is 1. The van der Waals surface area contributed by atoms with Gasteiger partial charge in [-0.25, -0.2) is 0 Å². The van der Waals surface area contributed by atoms with Gasteiger partial charge in [-0.3, -0.25) is 0 Å². The summed E-state index contributed by atoms with van der Waals surface area (Å²) in [4.78, 5) is 0. The van der Waals surface area contributed by atoms with E-state index >= 15 is 0 Å². The zero-order chi connectivity index (χ0) is 7.56. The van der Waals surface area contributed by atoms with Crippen LogP contribution in [-0.4, -0.2) is 11.9 Å². The van der Waals surface area contributed by atoms with Gasteiger partial charge in [-0.15, -0.1) is 0 Å². The number of rotatable bonds is 1. The summed E-state index contributed by atoms with van der Waals surface area (Å²) < 4.78 is 0. The van der Waals surface area contributed by atoms with E-state index in [0.29, 0.717) is 5.69 Å². The fourth-order valence-corrected chi connectivity index (χ4v) is 0.819. The summed E-state index contributed by atoms with van der Waals surface area (Å²) in [7, 11) is 0. The van der Waals surface area contributed by atoms with Crippen LogP contribution in [0.25, 0.3) is 0 Å². The fraction of sp³-hybridized carbons (Fsp3) is 0.143. The van der Waals surface area contributed by atoms with Crippen LogP contribution >= 0.6 is 0 Å². The maximum atomic E-state index is 9.09. The molecule has 0 radical (unpaired) electrons. The van der Waals surface area contributed by atoms with E-state index in [4.69, 9.17) is 10.8 Å². The SMILES string of the molecule is CB(O)c1cccc(N)c1. The van der Waals surface area contributed by atoms with Gasteiger partial charge in [0.05, 0.1) is 0 Å². The molecule has 0 heterocycles. The lowest BCUT2D eigenvalue weighted by atomic mass is 9.64. The van der Waals surface area contributed by atoms with Crippen LogP contribution in [0.4, 0.5) is 5.69 Å². The summed E-state index contributed by atoms with van der Waals surface area (Å²) in [6.07, 6.45) is 0. The fourth-order valence-electron chi connectivity index (χ4n) is 0.819. The number of nitrogen functional groups attached to an aromatic ring is 1. The molecular formula is C7H10BNO. The van der Waals surface area contributed by atoms with Gasteiger partial charge >= 0.3 is 6.92 Å². The Morgan fingerprint density at radius 1 is 1.50 bits per heavy atom. The van der Waals surface area contributed by atoms with Crippen molar-refractivity contribution in [2.45, 2.75) is 6.82 Å². The van der Waals surface area contributed by atoms with Crippen molar-refractivity contribution in [2.24, 2.45) is 0 Å². The highest BCUT2D eigenvalue weighted by atomic mass is 16.2. The molecule has 0 spiro atoms. The van der Waals surface area contributed by atoms with Crippen LogP contribution < -0.4 is 11.2 Å². The van der Waals surface area contributed by atoms with Crippen LogP contribution in [0.5, 0.6) is 0 Å². The second-order valence-electron chi connectivity index (χ2n) is 2.35. The minimum atomic E-state index is -0.427. The molecule has 0 amide bonds. The summed E-state index contributed by atoms with van der Waals surface area (Å²) in [6, 6.07) is 7.25. The molecule has 0 aliphatic heterocycles. The maximum Gasteiger partial charge on any atom is 0.320 e. The molecule has 2 nitrogen and oxygen atoms in total. The summed E-state index contributed by atoms with van der Waals surface area (Å²) in [5.41, 5.74) is 7.04. The first kappa shape index (κ1) is 7.16. The first-order chi connectivity index (χ1) is 4.70. The third-order valence-corrected chi connectivity index (χ3v) is 1.39. The second kappa shape index (κ2) is 2.75. The smallest absolute Gasteiger partial charge is 0.320 e. The van der Waals surface area contributed by atoms with Crippen LogP contribution in [0.1, 0.15) is 0 Å². The van der Waals surface area contributed by atoms with Crippen molar-refractivity contribution in [3.05, 3.63) is 24.3 Å². The van der Waals surface area contributed by atoms with E-state index in [1.807, 2.05) is 12.1 Å². The minimum absolute atomic E-state index is 0.427. The summed E-state index contributed by atoms with van der Waals surface area (Å²) in [5.74, 6) is 0. The van der Waals surface area contributed by atoms with Gasteiger partial charge in [0.15, 0.2) is 0 Å². The summed E-state index contributed by atoms with van der Waals surface area (Å²) >= 11 is 0. The lowest BCUT2D eigenvalue weighted by Crippen LogP contribution is -2.25. The zero-order valence-electron chi connectivity index (χ0n) is 5.91. The molecule has 1 rings (SSSR count). The predicted molar refractivity (Wildman–Crippen MR) is 44.3 cm³/mol. The van der Waals surface area contributed by atoms with E-state index in [-0.39, 0.29) is 0 Å². The van der Waals surface area contributed by atoms with E-state index in [2.05, 4.69) is 0 Å². The Balaban J connectivity index is 2.96. The third-order valence-electron chi connectivity index (χ3n) is 1.39. The predicted octanol–water partition coefficient (Wildman–Crippen LogP) is 0.0894. The van der Waals surface area contributed by atoms with Gasteiger partial charge < -0.3 is 10.8 Å². The average molecular weight is 135 g/mol. The van der Waals surface area contributed by atoms with Crippen molar-refractivity contribution in [3.63, 3.8) is 0 Å². The molecule has 0 fully saturated rings. The lowest BCUT2D eigenvalue weighted by Gasteiger charge is -2.00. The standard InChI is InChI=1S/C7H10BNO/c1-8(10)6-3-2-4-7(9)5-6/h2-5,10H,9H2,1H3. The molecule has 10 heavy (non-hydrogen) atoms. The lowest BCUT2D eigenvalue weighted by molar-refractivity contribution is 0.594. The molecule has 1 aromatic rings. The van der Waals surface area contributed by atoms with Crippen LogP contribution in [0, 0.1) is 0 Å². The molecule has 0 saturated heterocycles. The zero-order valence-corrected chi connectivity index (χ0v) is 5.91. The first-order valence-electron chi connectivity index (χ1n) is 3.23. The minimum Gasteiger partial charge on any atom is -0.446 e. The van der Waals surface area contributed by atoms with Crippen molar-refractivity contribution in [3.8, 4) is 0 Å². The molecule has 0 aromatic heterocycles. The van der Waals surface area contributed by atoms with Crippen LogP contribution in [-0.2, 0) is 0 Å². The molecule has 0 unspecified atom stereocenters. The van der Waals surface area contributed by atoms with Gasteiger partial charge in [-0.1, -0.05) is 19.0 Å². The second-order valence-corrected chi connectivity index (χ2v) is 2.35. The highest BCUT2D eigenvalue weighted by molar-refractivity contribution is 6.64. The van der Waals surface area contributed by atoms with Crippen molar-refractivity contribution in [2.75, 3.05) is 5.73 Å². The number of hydrogen-bond acceptors (Lipinski definition) is 2. The van der Waals surface area contributed by atoms with E-state index in [9.17, 15) is 0 Å². The molecule has 0 aliphatic carbocycles. The molecular weight excluding hydrogens is 125 g/mol. The molecule has 0 saturated carbocycles. The Morgan fingerprint density at radius 3 is 2.60 bits per heavy atom. The van der Waals surface area contributed by atoms with Gasteiger partial charge in [0.25, 0.3) is 0 Å². The Kier molecular flexibility index (Phi) is 1.97. The molecule has 3 N–H and O–H groups in total. The third kappa shape index (κ3) is 1.51. The average Bonchev–Trinajstić information content (AvgIpc) is 1.88. The Labute approximate surface area is 60.8 Å². The number of benzene rings is 1.